The fourth-order valence-electron chi connectivity index (χ4n) is 2.63. The van der Waals surface area contributed by atoms with E-state index in [-0.39, 0.29) is 16.6 Å². The van der Waals surface area contributed by atoms with Gasteiger partial charge in [0.2, 0.25) is 10.0 Å². The van der Waals surface area contributed by atoms with Crippen molar-refractivity contribution < 1.29 is 12.8 Å². The Morgan fingerprint density at radius 1 is 1.00 bits per heavy atom. The van der Waals surface area contributed by atoms with Crippen LogP contribution in [0.15, 0.2) is 53.4 Å². The lowest BCUT2D eigenvalue weighted by molar-refractivity contribution is 0.402. The van der Waals surface area contributed by atoms with Crippen molar-refractivity contribution in [3.63, 3.8) is 0 Å². The normalized spacial score (nSPS) is 13.4. The molecule has 0 bridgehead atoms. The molecule has 2 aromatic carbocycles. The van der Waals surface area contributed by atoms with Crippen LogP contribution in [0.4, 0.5) is 4.39 Å². The minimum absolute atomic E-state index is 0.0215. The highest BCUT2D eigenvalue weighted by Crippen LogP contribution is 2.24. The van der Waals surface area contributed by atoms with Crippen LogP contribution in [0, 0.1) is 11.7 Å². The van der Waals surface area contributed by atoms with Crippen molar-refractivity contribution in [1.82, 2.24) is 9.62 Å². The highest BCUT2D eigenvalue weighted by atomic mass is 32.2. The summed E-state index contributed by atoms with van der Waals surface area (Å²) in [5, 5.41) is 0. The zero-order valence-electron chi connectivity index (χ0n) is 15.0. The molecule has 0 aliphatic carbocycles. The Morgan fingerprint density at radius 3 is 2.04 bits per heavy atom. The average molecular weight is 364 g/mol. The Bertz CT molecular complexity index is 785. The molecule has 0 aliphatic rings. The van der Waals surface area contributed by atoms with Gasteiger partial charge in [0.25, 0.3) is 0 Å². The molecule has 4 nitrogen and oxygen atoms in total. The summed E-state index contributed by atoms with van der Waals surface area (Å²) in [6.45, 7) is 4.60. The number of nitrogens with zero attached hydrogens (tertiary/aromatic N) is 1. The second-order valence-electron chi connectivity index (χ2n) is 6.78. The SMILES string of the molecule is CC(C)C(NS(=O)(=O)c1ccc(CN(C)C)cc1)c1ccc(F)cc1. The van der Waals surface area contributed by atoms with Gasteiger partial charge in [-0.2, -0.15) is 0 Å². The van der Waals surface area contributed by atoms with Crippen molar-refractivity contribution in [2.24, 2.45) is 5.92 Å². The van der Waals surface area contributed by atoms with Crippen molar-refractivity contribution in [3.8, 4) is 0 Å². The zero-order valence-corrected chi connectivity index (χ0v) is 15.8. The van der Waals surface area contributed by atoms with Crippen LogP contribution in [0.25, 0.3) is 0 Å². The van der Waals surface area contributed by atoms with Crippen LogP contribution in [-0.4, -0.2) is 27.4 Å². The van der Waals surface area contributed by atoms with Crippen molar-refractivity contribution in [2.75, 3.05) is 14.1 Å². The molecule has 0 aromatic heterocycles. The molecule has 0 aliphatic heterocycles. The van der Waals surface area contributed by atoms with Gasteiger partial charge in [-0.05, 0) is 55.4 Å². The Hall–Kier alpha value is -1.76. The van der Waals surface area contributed by atoms with Gasteiger partial charge in [-0.1, -0.05) is 38.1 Å². The lowest BCUT2D eigenvalue weighted by atomic mass is 9.97. The Kier molecular flexibility index (Phi) is 6.32. The van der Waals surface area contributed by atoms with Gasteiger partial charge in [0.05, 0.1) is 4.90 Å². The standard InChI is InChI=1S/C19H25FN2O2S/c1-14(2)19(16-7-9-17(20)10-8-16)21-25(23,24)18-11-5-15(6-12-18)13-22(3)4/h5-12,14,19,21H,13H2,1-4H3. The van der Waals surface area contributed by atoms with Gasteiger partial charge in [0.1, 0.15) is 5.82 Å². The molecule has 0 saturated carbocycles. The van der Waals surface area contributed by atoms with Gasteiger partial charge in [-0.15, -0.1) is 0 Å². The highest BCUT2D eigenvalue weighted by Gasteiger charge is 2.24. The summed E-state index contributed by atoms with van der Waals surface area (Å²) >= 11 is 0. The van der Waals surface area contributed by atoms with E-state index >= 15 is 0 Å². The Labute approximate surface area is 149 Å². The monoisotopic (exact) mass is 364 g/mol. The molecule has 2 rings (SSSR count). The molecule has 0 amide bonds. The average Bonchev–Trinajstić information content (AvgIpc) is 2.53. The summed E-state index contributed by atoms with van der Waals surface area (Å²) < 4.78 is 41.3. The number of nitrogens with one attached hydrogen (secondary N) is 1. The molecule has 6 heteroatoms. The van der Waals surface area contributed by atoms with E-state index in [0.29, 0.717) is 0 Å². The molecule has 0 heterocycles. The third-order valence-corrected chi connectivity index (χ3v) is 5.37. The number of halogens is 1. The predicted octanol–water partition coefficient (Wildman–Crippen LogP) is 3.56. The van der Waals surface area contributed by atoms with Crippen LogP contribution in [0.1, 0.15) is 31.0 Å². The molecular weight excluding hydrogens is 339 g/mol. The second kappa shape index (κ2) is 8.08. The molecule has 25 heavy (non-hydrogen) atoms. The summed E-state index contributed by atoms with van der Waals surface area (Å²) in [6, 6.07) is 12.3. The second-order valence-corrected chi connectivity index (χ2v) is 8.49. The van der Waals surface area contributed by atoms with Crippen LogP contribution in [0.5, 0.6) is 0 Å². The van der Waals surface area contributed by atoms with Crippen LogP contribution < -0.4 is 4.72 Å². The van der Waals surface area contributed by atoms with Crippen LogP contribution in [0.2, 0.25) is 0 Å². The summed E-state index contributed by atoms with van der Waals surface area (Å²) in [5.41, 5.74) is 1.78. The Morgan fingerprint density at radius 2 is 1.56 bits per heavy atom. The fraction of sp³-hybridized carbons (Fsp3) is 0.368. The first-order valence-corrected chi connectivity index (χ1v) is 9.69. The number of hydrogen-bond acceptors (Lipinski definition) is 3. The first-order valence-electron chi connectivity index (χ1n) is 8.20. The van der Waals surface area contributed by atoms with Gasteiger partial charge in [0, 0.05) is 12.6 Å². The zero-order chi connectivity index (χ0) is 18.6. The highest BCUT2D eigenvalue weighted by molar-refractivity contribution is 7.89. The molecule has 0 fully saturated rings. The molecule has 1 N–H and O–H groups in total. The van der Waals surface area contributed by atoms with E-state index < -0.39 is 16.1 Å². The predicted molar refractivity (Wildman–Crippen MR) is 98.1 cm³/mol. The van der Waals surface area contributed by atoms with Crippen molar-refractivity contribution in [1.29, 1.82) is 0 Å². The third kappa shape index (κ3) is 5.36. The topological polar surface area (TPSA) is 49.4 Å². The molecule has 1 atom stereocenters. The number of sulfonamides is 1. The van der Waals surface area contributed by atoms with E-state index in [1.165, 1.54) is 12.1 Å². The largest absolute Gasteiger partial charge is 0.305 e. The fourth-order valence-corrected chi connectivity index (χ4v) is 4.01. The van der Waals surface area contributed by atoms with Gasteiger partial charge in [0.15, 0.2) is 0 Å². The maximum absolute atomic E-state index is 13.1. The van der Waals surface area contributed by atoms with Crippen molar-refractivity contribution in [3.05, 3.63) is 65.5 Å². The van der Waals surface area contributed by atoms with Crippen molar-refractivity contribution in [2.45, 2.75) is 31.3 Å². The first-order chi connectivity index (χ1) is 11.7. The number of benzene rings is 2. The summed E-state index contributed by atoms with van der Waals surface area (Å²) in [7, 11) is 0.256. The molecular formula is C19H25FN2O2S. The summed E-state index contributed by atoms with van der Waals surface area (Å²) in [4.78, 5) is 2.24. The quantitative estimate of drug-likeness (QED) is 0.817. The molecule has 136 valence electrons. The van der Waals surface area contributed by atoms with Gasteiger partial charge >= 0.3 is 0 Å². The molecule has 1 unspecified atom stereocenters. The van der Waals surface area contributed by atoms with Gasteiger partial charge < -0.3 is 4.90 Å². The van der Waals surface area contributed by atoms with Gasteiger partial charge in [-0.3, -0.25) is 0 Å². The van der Waals surface area contributed by atoms with E-state index in [1.54, 1.807) is 24.3 Å². The van der Waals surface area contributed by atoms with Crippen LogP contribution in [-0.2, 0) is 16.6 Å². The maximum atomic E-state index is 13.1. The van der Waals surface area contributed by atoms with Crippen LogP contribution in [0.3, 0.4) is 0 Å². The maximum Gasteiger partial charge on any atom is 0.241 e. The Balaban J connectivity index is 2.23. The third-order valence-electron chi connectivity index (χ3n) is 3.91. The number of hydrogen-bond donors (Lipinski definition) is 1. The van der Waals surface area contributed by atoms with Gasteiger partial charge in [-0.25, -0.2) is 17.5 Å². The molecule has 2 aromatic rings. The first kappa shape index (κ1) is 19.6. The van der Waals surface area contributed by atoms with Crippen molar-refractivity contribution >= 4 is 10.0 Å². The molecule has 0 spiro atoms. The van der Waals surface area contributed by atoms with E-state index in [0.717, 1.165) is 17.7 Å². The molecule has 0 radical (unpaired) electrons. The van der Waals surface area contributed by atoms with E-state index in [4.69, 9.17) is 0 Å². The number of rotatable bonds is 7. The van der Waals surface area contributed by atoms with E-state index in [1.807, 2.05) is 45.0 Å². The lowest BCUT2D eigenvalue weighted by Crippen LogP contribution is -2.31. The van der Waals surface area contributed by atoms with E-state index in [2.05, 4.69) is 4.72 Å². The smallest absolute Gasteiger partial charge is 0.241 e. The summed E-state index contributed by atoms with van der Waals surface area (Å²) in [6.07, 6.45) is 0. The minimum atomic E-state index is -3.67. The lowest BCUT2D eigenvalue weighted by Gasteiger charge is -2.23. The minimum Gasteiger partial charge on any atom is -0.305 e. The van der Waals surface area contributed by atoms with E-state index in [9.17, 15) is 12.8 Å². The summed E-state index contributed by atoms with van der Waals surface area (Å²) in [5.74, 6) is -0.321. The van der Waals surface area contributed by atoms with Crippen LogP contribution >= 0.6 is 0 Å². The molecule has 0 saturated heterocycles.